The van der Waals surface area contributed by atoms with Crippen LogP contribution in [0.4, 0.5) is 5.82 Å². The Balaban J connectivity index is 1.90. The SMILES string of the molecule is COc1ncccc1C(=O)N=c1nc2ccccc2c2n1CCN2. The molecule has 0 bridgehead atoms. The number of benzene rings is 1. The van der Waals surface area contributed by atoms with Gasteiger partial charge in [0.15, 0.2) is 0 Å². The van der Waals surface area contributed by atoms with Crippen molar-refractivity contribution in [3.05, 3.63) is 53.8 Å². The van der Waals surface area contributed by atoms with Gasteiger partial charge in [0.1, 0.15) is 11.4 Å². The van der Waals surface area contributed by atoms with Crippen LogP contribution in [0.3, 0.4) is 0 Å². The van der Waals surface area contributed by atoms with Gasteiger partial charge in [0.25, 0.3) is 5.91 Å². The third-order valence-electron chi connectivity index (χ3n) is 3.92. The van der Waals surface area contributed by atoms with Crippen molar-refractivity contribution in [1.29, 1.82) is 0 Å². The van der Waals surface area contributed by atoms with Crippen LogP contribution < -0.4 is 15.7 Å². The number of nitrogens with zero attached hydrogens (tertiary/aromatic N) is 4. The number of carbonyl (C=O) groups excluding carboxylic acids is 1. The molecule has 4 rings (SSSR count). The Morgan fingerprint density at radius 2 is 2.17 bits per heavy atom. The number of pyridine rings is 1. The van der Waals surface area contributed by atoms with Gasteiger partial charge in [0, 0.05) is 24.7 Å². The number of hydrogen-bond donors (Lipinski definition) is 1. The highest BCUT2D eigenvalue weighted by atomic mass is 16.5. The highest BCUT2D eigenvalue weighted by Crippen LogP contribution is 2.22. The number of amides is 1. The van der Waals surface area contributed by atoms with Gasteiger partial charge in [-0.1, -0.05) is 12.1 Å². The molecule has 1 aliphatic rings. The number of rotatable bonds is 2. The number of ether oxygens (including phenoxy) is 1. The van der Waals surface area contributed by atoms with Crippen LogP contribution in [0.2, 0.25) is 0 Å². The maximum atomic E-state index is 12.6. The summed E-state index contributed by atoms with van der Waals surface area (Å²) in [6, 6.07) is 11.1. The Hall–Kier alpha value is -3.22. The van der Waals surface area contributed by atoms with E-state index in [1.165, 1.54) is 7.11 Å². The highest BCUT2D eigenvalue weighted by Gasteiger charge is 2.17. The number of aromatic nitrogens is 3. The molecular formula is C17H15N5O2. The molecule has 0 atom stereocenters. The quantitative estimate of drug-likeness (QED) is 0.775. The van der Waals surface area contributed by atoms with Crippen LogP contribution in [0.5, 0.6) is 5.88 Å². The molecule has 2 aromatic heterocycles. The fourth-order valence-electron chi connectivity index (χ4n) is 2.83. The molecule has 1 N–H and O–H groups in total. The molecule has 1 aromatic carbocycles. The number of para-hydroxylation sites is 1. The van der Waals surface area contributed by atoms with Gasteiger partial charge in [-0.05, 0) is 24.3 Å². The molecule has 0 spiro atoms. The zero-order chi connectivity index (χ0) is 16.5. The topological polar surface area (TPSA) is 81.4 Å². The number of hydrogen-bond acceptors (Lipinski definition) is 5. The monoisotopic (exact) mass is 321 g/mol. The third kappa shape index (κ3) is 2.30. The fraction of sp³-hybridized carbons (Fsp3) is 0.176. The van der Waals surface area contributed by atoms with Crippen molar-refractivity contribution in [2.75, 3.05) is 19.0 Å². The van der Waals surface area contributed by atoms with E-state index in [4.69, 9.17) is 4.74 Å². The summed E-state index contributed by atoms with van der Waals surface area (Å²) in [5.41, 5.74) is 1.49. The van der Waals surface area contributed by atoms with Gasteiger partial charge in [0.05, 0.1) is 12.6 Å². The first-order valence-electron chi connectivity index (χ1n) is 7.59. The molecule has 0 radical (unpaired) electrons. The molecular weight excluding hydrogens is 306 g/mol. The van der Waals surface area contributed by atoms with Crippen LogP contribution in [0, 0.1) is 0 Å². The van der Waals surface area contributed by atoms with Gasteiger partial charge in [-0.25, -0.2) is 9.97 Å². The lowest BCUT2D eigenvalue weighted by Gasteiger charge is -2.08. The predicted octanol–water partition coefficient (Wildman–Crippen LogP) is 1.61. The molecule has 7 nitrogen and oxygen atoms in total. The van der Waals surface area contributed by atoms with E-state index in [0.717, 1.165) is 23.3 Å². The molecule has 0 aliphatic carbocycles. The van der Waals surface area contributed by atoms with E-state index in [-0.39, 0.29) is 5.88 Å². The Labute approximate surface area is 137 Å². The average Bonchev–Trinajstić information content (AvgIpc) is 3.12. The van der Waals surface area contributed by atoms with E-state index in [9.17, 15) is 4.79 Å². The van der Waals surface area contributed by atoms with Crippen molar-refractivity contribution in [3.63, 3.8) is 0 Å². The largest absolute Gasteiger partial charge is 0.480 e. The Morgan fingerprint density at radius 1 is 1.29 bits per heavy atom. The Morgan fingerprint density at radius 3 is 3.04 bits per heavy atom. The van der Waals surface area contributed by atoms with Gasteiger partial charge >= 0.3 is 0 Å². The maximum Gasteiger partial charge on any atom is 0.285 e. The summed E-state index contributed by atoms with van der Waals surface area (Å²) < 4.78 is 7.06. The average molecular weight is 321 g/mol. The zero-order valence-corrected chi connectivity index (χ0v) is 13.1. The minimum atomic E-state index is -0.427. The first kappa shape index (κ1) is 14.4. The number of methoxy groups -OCH3 is 1. The first-order valence-corrected chi connectivity index (χ1v) is 7.59. The van der Waals surface area contributed by atoms with E-state index in [1.54, 1.807) is 18.3 Å². The van der Waals surface area contributed by atoms with Crippen LogP contribution >= 0.6 is 0 Å². The lowest BCUT2D eigenvalue weighted by molar-refractivity contribution is 0.0993. The Kier molecular flexibility index (Phi) is 3.45. The van der Waals surface area contributed by atoms with Gasteiger partial charge in [0.2, 0.25) is 11.5 Å². The summed E-state index contributed by atoms with van der Waals surface area (Å²) >= 11 is 0. The van der Waals surface area contributed by atoms with E-state index in [0.29, 0.717) is 17.7 Å². The van der Waals surface area contributed by atoms with Crippen LogP contribution in [0.1, 0.15) is 10.4 Å². The van der Waals surface area contributed by atoms with Gasteiger partial charge in [-0.15, -0.1) is 0 Å². The molecule has 3 aromatic rings. The van der Waals surface area contributed by atoms with Crippen LogP contribution in [0.25, 0.3) is 10.9 Å². The lowest BCUT2D eigenvalue weighted by Crippen LogP contribution is -2.24. The van der Waals surface area contributed by atoms with Gasteiger partial charge in [-0.2, -0.15) is 4.99 Å². The molecule has 0 unspecified atom stereocenters. The van der Waals surface area contributed by atoms with E-state index >= 15 is 0 Å². The van der Waals surface area contributed by atoms with Crippen molar-refractivity contribution in [2.24, 2.45) is 4.99 Å². The zero-order valence-electron chi connectivity index (χ0n) is 13.1. The molecule has 0 fully saturated rings. The normalized spacial score (nSPS) is 13.6. The molecule has 3 heterocycles. The smallest absolute Gasteiger partial charge is 0.285 e. The number of carbonyl (C=O) groups is 1. The van der Waals surface area contributed by atoms with E-state index < -0.39 is 5.91 Å². The number of nitrogens with one attached hydrogen (secondary N) is 1. The summed E-state index contributed by atoms with van der Waals surface area (Å²) in [5.74, 6) is 0.765. The lowest BCUT2D eigenvalue weighted by atomic mass is 10.2. The van der Waals surface area contributed by atoms with Gasteiger partial charge < -0.3 is 10.1 Å². The van der Waals surface area contributed by atoms with Crippen molar-refractivity contribution in [2.45, 2.75) is 6.54 Å². The van der Waals surface area contributed by atoms with Crippen molar-refractivity contribution in [3.8, 4) is 5.88 Å². The van der Waals surface area contributed by atoms with Gasteiger partial charge in [-0.3, -0.25) is 9.36 Å². The van der Waals surface area contributed by atoms with Crippen molar-refractivity contribution in [1.82, 2.24) is 14.5 Å². The molecule has 7 heteroatoms. The van der Waals surface area contributed by atoms with Crippen molar-refractivity contribution < 1.29 is 9.53 Å². The summed E-state index contributed by atoms with van der Waals surface area (Å²) in [4.78, 5) is 25.4. The van der Waals surface area contributed by atoms with Crippen LogP contribution in [-0.2, 0) is 6.54 Å². The molecule has 0 saturated heterocycles. The molecule has 24 heavy (non-hydrogen) atoms. The van der Waals surface area contributed by atoms with Crippen LogP contribution in [0.15, 0.2) is 47.6 Å². The molecule has 1 aliphatic heterocycles. The minimum Gasteiger partial charge on any atom is -0.480 e. The minimum absolute atomic E-state index is 0.256. The first-order chi connectivity index (χ1) is 11.8. The molecule has 0 saturated carbocycles. The number of fused-ring (bicyclic) bond motifs is 3. The molecule has 120 valence electrons. The molecule has 1 amide bonds. The van der Waals surface area contributed by atoms with Crippen LogP contribution in [-0.4, -0.2) is 34.1 Å². The predicted molar refractivity (Wildman–Crippen MR) is 88.9 cm³/mol. The summed E-state index contributed by atoms with van der Waals surface area (Å²) in [6.45, 7) is 1.49. The van der Waals surface area contributed by atoms with E-state index in [1.807, 2.05) is 28.8 Å². The van der Waals surface area contributed by atoms with Crippen molar-refractivity contribution >= 4 is 22.6 Å². The summed E-state index contributed by atoms with van der Waals surface area (Å²) in [7, 11) is 1.48. The fourth-order valence-corrected chi connectivity index (χ4v) is 2.83. The second kappa shape index (κ2) is 5.77. The summed E-state index contributed by atoms with van der Waals surface area (Å²) in [6.07, 6.45) is 1.57. The second-order valence-corrected chi connectivity index (χ2v) is 5.33. The highest BCUT2D eigenvalue weighted by molar-refractivity contribution is 5.97. The number of anilines is 1. The standard InChI is InChI=1S/C17H15N5O2/c1-24-16-12(6-4-8-19-16)15(23)21-17-20-13-7-3-2-5-11(13)14-18-9-10-22(14)17/h2-8,18H,9-10H2,1H3. The third-order valence-corrected chi connectivity index (χ3v) is 3.92. The van der Waals surface area contributed by atoms with E-state index in [2.05, 4.69) is 20.3 Å². The Bertz CT molecular complexity index is 1010. The maximum absolute atomic E-state index is 12.6. The summed E-state index contributed by atoms with van der Waals surface area (Å²) in [5, 5.41) is 4.35. The second-order valence-electron chi connectivity index (χ2n) is 5.33.